The first kappa shape index (κ1) is 16.4. The smallest absolute Gasteiger partial charge is 0.134 e. The summed E-state index contributed by atoms with van der Waals surface area (Å²) >= 11 is 5.11. The van der Waals surface area contributed by atoms with Gasteiger partial charge < -0.3 is 4.74 Å². The predicted octanol–water partition coefficient (Wildman–Crippen LogP) is 5.40. The quantitative estimate of drug-likeness (QED) is 0.659. The van der Waals surface area contributed by atoms with Crippen LogP contribution in [0.3, 0.4) is 0 Å². The summed E-state index contributed by atoms with van der Waals surface area (Å²) in [7, 11) is 1.82. The topological polar surface area (TPSA) is 33.0 Å². The summed E-state index contributed by atoms with van der Waals surface area (Å²) in [6.07, 6.45) is 7.03. The van der Waals surface area contributed by atoms with Gasteiger partial charge in [0.05, 0.1) is 10.9 Å². The first-order chi connectivity index (χ1) is 10.6. The molecule has 1 unspecified atom stereocenters. The summed E-state index contributed by atoms with van der Waals surface area (Å²) in [5.74, 6) is 0. The summed E-state index contributed by atoms with van der Waals surface area (Å²) < 4.78 is 6.62. The van der Waals surface area contributed by atoms with E-state index in [0.29, 0.717) is 6.10 Å². The van der Waals surface area contributed by atoms with Crippen LogP contribution in [0.1, 0.15) is 50.2 Å². The molecule has 2 aliphatic carbocycles. The molecule has 2 aliphatic rings. The second kappa shape index (κ2) is 6.19. The van der Waals surface area contributed by atoms with E-state index in [1.165, 1.54) is 22.9 Å². The lowest BCUT2D eigenvalue weighted by Crippen LogP contribution is -2.43. The maximum atomic E-state index is 9.51. The third-order valence-corrected chi connectivity index (χ3v) is 7.71. The summed E-state index contributed by atoms with van der Waals surface area (Å²) in [5, 5.41) is 11.9. The molecule has 4 heteroatoms. The van der Waals surface area contributed by atoms with Gasteiger partial charge in [-0.15, -0.1) is 0 Å². The van der Waals surface area contributed by atoms with Gasteiger partial charge in [-0.25, -0.2) is 0 Å². The maximum absolute atomic E-state index is 9.51. The fourth-order valence-corrected chi connectivity index (χ4v) is 6.16. The molecule has 0 saturated heterocycles. The molecule has 1 spiro atoms. The monoisotopic (exact) mass is 379 g/mol. The van der Waals surface area contributed by atoms with Gasteiger partial charge in [-0.2, -0.15) is 5.26 Å². The largest absolute Gasteiger partial charge is 0.381 e. The van der Waals surface area contributed by atoms with Crippen molar-refractivity contribution < 1.29 is 4.74 Å². The number of thiocyanates is 1. The van der Waals surface area contributed by atoms with E-state index in [-0.39, 0.29) is 10.2 Å². The number of fused-ring (bicyclic) bond motifs is 1. The molecular formula is C18H22BrNOS. The average molecular weight is 380 g/mol. The fraction of sp³-hybridized carbons (Fsp3) is 0.611. The molecule has 22 heavy (non-hydrogen) atoms. The molecule has 0 heterocycles. The van der Waals surface area contributed by atoms with Crippen LogP contribution in [0.2, 0.25) is 0 Å². The second-order valence-electron chi connectivity index (χ2n) is 6.57. The van der Waals surface area contributed by atoms with Crippen LogP contribution in [-0.2, 0) is 15.9 Å². The van der Waals surface area contributed by atoms with Gasteiger partial charge >= 0.3 is 0 Å². The molecule has 1 atom stereocenters. The Labute approximate surface area is 145 Å². The predicted molar refractivity (Wildman–Crippen MR) is 94.7 cm³/mol. The van der Waals surface area contributed by atoms with Gasteiger partial charge in [-0.1, -0.05) is 28.9 Å². The first-order valence-electron chi connectivity index (χ1n) is 7.99. The lowest BCUT2D eigenvalue weighted by Gasteiger charge is -2.48. The molecule has 0 radical (unpaired) electrons. The van der Waals surface area contributed by atoms with Gasteiger partial charge in [0.25, 0.3) is 0 Å². The Bertz CT molecular complexity index is 604. The van der Waals surface area contributed by atoms with Crippen molar-refractivity contribution in [1.29, 1.82) is 5.26 Å². The van der Waals surface area contributed by atoms with Crippen molar-refractivity contribution >= 4 is 27.7 Å². The molecule has 0 aliphatic heterocycles. The molecule has 2 nitrogen and oxygen atoms in total. The van der Waals surface area contributed by atoms with Crippen molar-refractivity contribution in [1.82, 2.24) is 0 Å². The van der Waals surface area contributed by atoms with Crippen LogP contribution in [0.15, 0.2) is 22.7 Å². The van der Waals surface area contributed by atoms with Crippen LogP contribution in [0, 0.1) is 16.1 Å². The van der Waals surface area contributed by atoms with Crippen molar-refractivity contribution in [2.24, 2.45) is 5.41 Å². The SMILES string of the molecule is CCC1(SC#N)c2cc(Br)ccc2CC12CCC(OC)CC2. The molecule has 118 valence electrons. The van der Waals surface area contributed by atoms with Crippen LogP contribution in [0.25, 0.3) is 0 Å². The Morgan fingerprint density at radius 1 is 1.41 bits per heavy atom. The molecule has 0 aromatic heterocycles. The third-order valence-electron chi connectivity index (χ3n) is 5.83. The normalized spacial score (nSPS) is 33.6. The molecule has 1 saturated carbocycles. The summed E-state index contributed by atoms with van der Waals surface area (Å²) in [6.45, 7) is 2.24. The van der Waals surface area contributed by atoms with Gasteiger partial charge in [0.2, 0.25) is 0 Å². The van der Waals surface area contributed by atoms with Crippen molar-refractivity contribution in [3.63, 3.8) is 0 Å². The highest BCUT2D eigenvalue weighted by molar-refractivity contribution is 9.10. The highest BCUT2D eigenvalue weighted by Gasteiger charge is 2.58. The Hall–Kier alpha value is -0.500. The van der Waals surface area contributed by atoms with Crippen molar-refractivity contribution in [2.45, 2.75) is 56.3 Å². The van der Waals surface area contributed by atoms with E-state index in [0.717, 1.165) is 43.0 Å². The molecular weight excluding hydrogens is 358 g/mol. The number of thioether (sulfide) groups is 1. The van der Waals surface area contributed by atoms with E-state index in [1.54, 1.807) is 0 Å². The third kappa shape index (κ3) is 2.33. The molecule has 0 amide bonds. The summed E-state index contributed by atoms with van der Waals surface area (Å²) in [4.78, 5) is 0. The highest BCUT2D eigenvalue weighted by atomic mass is 79.9. The Balaban J connectivity index is 2.07. The number of halogens is 1. The van der Waals surface area contributed by atoms with Gasteiger partial charge in [0, 0.05) is 11.6 Å². The minimum Gasteiger partial charge on any atom is -0.381 e. The number of nitriles is 1. The maximum Gasteiger partial charge on any atom is 0.134 e. The van der Waals surface area contributed by atoms with Gasteiger partial charge in [-0.3, -0.25) is 0 Å². The van der Waals surface area contributed by atoms with Crippen LogP contribution in [0.4, 0.5) is 0 Å². The number of hydrogen-bond acceptors (Lipinski definition) is 3. The molecule has 0 bridgehead atoms. The van der Waals surface area contributed by atoms with E-state index in [9.17, 15) is 5.26 Å². The molecule has 1 fully saturated rings. The van der Waals surface area contributed by atoms with Crippen LogP contribution < -0.4 is 0 Å². The number of nitrogens with zero attached hydrogens (tertiary/aromatic N) is 1. The Morgan fingerprint density at radius 3 is 2.73 bits per heavy atom. The van der Waals surface area contributed by atoms with Crippen LogP contribution in [-0.4, -0.2) is 13.2 Å². The van der Waals surface area contributed by atoms with Crippen molar-refractivity contribution in [3.05, 3.63) is 33.8 Å². The minimum atomic E-state index is -0.0699. The zero-order valence-electron chi connectivity index (χ0n) is 13.2. The number of hydrogen-bond donors (Lipinski definition) is 0. The zero-order valence-corrected chi connectivity index (χ0v) is 15.6. The van der Waals surface area contributed by atoms with Gasteiger partial charge in [0.1, 0.15) is 5.40 Å². The van der Waals surface area contributed by atoms with Crippen LogP contribution >= 0.6 is 27.7 Å². The lowest BCUT2D eigenvalue weighted by molar-refractivity contribution is 0.0138. The van der Waals surface area contributed by atoms with E-state index in [1.807, 2.05) is 7.11 Å². The Morgan fingerprint density at radius 2 is 2.14 bits per heavy atom. The van der Waals surface area contributed by atoms with Crippen molar-refractivity contribution in [3.8, 4) is 5.40 Å². The number of benzene rings is 1. The zero-order chi connectivity index (χ0) is 15.8. The van der Waals surface area contributed by atoms with Crippen LogP contribution in [0.5, 0.6) is 0 Å². The molecule has 1 aromatic carbocycles. The Kier molecular flexibility index (Phi) is 4.60. The first-order valence-corrected chi connectivity index (χ1v) is 9.60. The lowest BCUT2D eigenvalue weighted by atomic mass is 9.64. The minimum absolute atomic E-state index is 0.0699. The highest BCUT2D eigenvalue weighted by Crippen LogP contribution is 2.65. The number of methoxy groups -OCH3 is 1. The van der Waals surface area contributed by atoms with E-state index < -0.39 is 0 Å². The van der Waals surface area contributed by atoms with Crippen molar-refractivity contribution in [2.75, 3.05) is 7.11 Å². The summed E-state index contributed by atoms with van der Waals surface area (Å²) in [6, 6.07) is 6.63. The molecule has 0 N–H and O–H groups in total. The van der Waals surface area contributed by atoms with Gasteiger partial charge in [-0.05, 0) is 79.0 Å². The average Bonchev–Trinajstić information content (AvgIpc) is 2.79. The standard InChI is InChI=1S/C18H22BrNOS/c1-3-18(22-12-20)16-10-14(19)5-4-13(16)11-17(18)8-6-15(21-2)7-9-17/h4-5,10,15H,3,6-9,11H2,1-2H3. The van der Waals surface area contributed by atoms with E-state index >= 15 is 0 Å². The van der Waals surface area contributed by atoms with E-state index in [4.69, 9.17) is 4.74 Å². The second-order valence-corrected chi connectivity index (χ2v) is 8.57. The number of ether oxygens (including phenoxy) is 1. The van der Waals surface area contributed by atoms with E-state index in [2.05, 4.69) is 46.5 Å². The van der Waals surface area contributed by atoms with Gasteiger partial charge in [0.15, 0.2) is 0 Å². The fourth-order valence-electron chi connectivity index (χ4n) is 4.71. The molecule has 1 aromatic rings. The number of rotatable bonds is 3. The molecule has 3 rings (SSSR count). The summed E-state index contributed by atoms with van der Waals surface area (Å²) in [5.41, 5.74) is 3.02.